The van der Waals surface area contributed by atoms with E-state index in [0.29, 0.717) is 47.8 Å². The van der Waals surface area contributed by atoms with Gasteiger partial charge in [0.2, 0.25) is 15.9 Å². The first kappa shape index (κ1) is 21.5. The minimum Gasteiger partial charge on any atom is -0.381 e. The van der Waals surface area contributed by atoms with E-state index in [-0.39, 0.29) is 0 Å². The number of hydrogen-bond donors (Lipinski definition) is 0. The van der Waals surface area contributed by atoms with Crippen LogP contribution in [0, 0.1) is 12.8 Å². The standard InChI is InChI=1S/C20H31N5O4S/c1-3-8-24-14-18(15(2)22-24)30(26,27)25-9-4-16(5-10-25)13-19-21-20(23-29-19)17-6-11-28-12-7-17/h14,16-17H,3-13H2,1-2H3. The molecule has 0 bridgehead atoms. The third-order valence-electron chi connectivity index (χ3n) is 6.08. The van der Waals surface area contributed by atoms with Gasteiger partial charge in [0.25, 0.3) is 0 Å². The van der Waals surface area contributed by atoms with Crippen molar-refractivity contribution >= 4 is 10.0 Å². The van der Waals surface area contributed by atoms with Crippen LogP contribution in [0.4, 0.5) is 0 Å². The van der Waals surface area contributed by atoms with Crippen LogP contribution < -0.4 is 0 Å². The zero-order valence-corrected chi connectivity index (χ0v) is 18.6. The Kier molecular flexibility index (Phi) is 6.54. The van der Waals surface area contributed by atoms with E-state index in [0.717, 1.165) is 57.7 Å². The first-order valence-corrected chi connectivity index (χ1v) is 12.4. The van der Waals surface area contributed by atoms with E-state index in [1.807, 2.05) is 6.92 Å². The Hall–Kier alpha value is -1.78. The van der Waals surface area contributed by atoms with Crippen LogP contribution in [0.2, 0.25) is 0 Å². The molecule has 0 N–H and O–H groups in total. The Labute approximate surface area is 177 Å². The topological polar surface area (TPSA) is 103 Å². The Morgan fingerprint density at radius 3 is 2.60 bits per heavy atom. The lowest BCUT2D eigenvalue weighted by Crippen LogP contribution is -2.39. The molecule has 4 heterocycles. The lowest BCUT2D eigenvalue weighted by Gasteiger charge is -2.30. The monoisotopic (exact) mass is 437 g/mol. The molecule has 0 aliphatic carbocycles. The van der Waals surface area contributed by atoms with Crippen molar-refractivity contribution in [2.24, 2.45) is 5.92 Å². The van der Waals surface area contributed by atoms with E-state index in [1.165, 1.54) is 0 Å². The van der Waals surface area contributed by atoms with E-state index < -0.39 is 10.0 Å². The molecule has 0 aromatic carbocycles. The minimum absolute atomic E-state index is 0.320. The van der Waals surface area contributed by atoms with Crippen molar-refractivity contribution in [3.8, 4) is 0 Å². The fourth-order valence-corrected chi connectivity index (χ4v) is 5.95. The summed E-state index contributed by atoms with van der Waals surface area (Å²) in [6.07, 6.45) is 6.73. The number of rotatable bonds is 7. The average molecular weight is 438 g/mol. The number of sulfonamides is 1. The molecule has 2 aliphatic heterocycles. The number of piperidine rings is 1. The molecule has 0 amide bonds. The van der Waals surface area contributed by atoms with Gasteiger partial charge in [0.15, 0.2) is 5.82 Å². The van der Waals surface area contributed by atoms with Crippen LogP contribution in [0.1, 0.15) is 62.4 Å². The fourth-order valence-electron chi connectivity index (χ4n) is 4.31. The van der Waals surface area contributed by atoms with Gasteiger partial charge in [-0.1, -0.05) is 12.1 Å². The Morgan fingerprint density at radius 2 is 1.90 bits per heavy atom. The number of aryl methyl sites for hydroxylation is 2. The van der Waals surface area contributed by atoms with Gasteiger partial charge in [0.1, 0.15) is 4.90 Å². The van der Waals surface area contributed by atoms with E-state index in [4.69, 9.17) is 9.26 Å². The van der Waals surface area contributed by atoms with Gasteiger partial charge in [0, 0.05) is 51.4 Å². The van der Waals surface area contributed by atoms with Gasteiger partial charge in [-0.3, -0.25) is 4.68 Å². The number of hydrogen-bond acceptors (Lipinski definition) is 7. The summed E-state index contributed by atoms with van der Waals surface area (Å²) in [6, 6.07) is 0. The summed E-state index contributed by atoms with van der Waals surface area (Å²) in [6.45, 7) is 7.04. The van der Waals surface area contributed by atoms with Crippen LogP contribution in [-0.4, -0.2) is 58.9 Å². The van der Waals surface area contributed by atoms with Crippen LogP contribution in [0.3, 0.4) is 0 Å². The molecule has 2 fully saturated rings. The molecule has 9 nitrogen and oxygen atoms in total. The van der Waals surface area contributed by atoms with Crippen molar-refractivity contribution in [3.05, 3.63) is 23.6 Å². The highest BCUT2D eigenvalue weighted by Crippen LogP contribution is 2.28. The van der Waals surface area contributed by atoms with Gasteiger partial charge < -0.3 is 9.26 Å². The highest BCUT2D eigenvalue weighted by Gasteiger charge is 2.32. The molecular formula is C20H31N5O4S. The van der Waals surface area contributed by atoms with Gasteiger partial charge in [0.05, 0.1) is 5.69 Å². The second-order valence-corrected chi connectivity index (χ2v) is 10.2. The molecule has 2 aromatic heterocycles. The summed E-state index contributed by atoms with van der Waals surface area (Å²) >= 11 is 0. The smallest absolute Gasteiger partial charge is 0.246 e. The van der Waals surface area contributed by atoms with Gasteiger partial charge in [-0.15, -0.1) is 0 Å². The van der Waals surface area contributed by atoms with E-state index in [1.54, 1.807) is 22.1 Å². The third kappa shape index (κ3) is 4.60. The molecule has 10 heteroatoms. The molecule has 30 heavy (non-hydrogen) atoms. The van der Waals surface area contributed by atoms with Crippen molar-refractivity contribution in [3.63, 3.8) is 0 Å². The van der Waals surface area contributed by atoms with Gasteiger partial charge in [-0.25, -0.2) is 8.42 Å². The number of aromatic nitrogens is 4. The first-order chi connectivity index (χ1) is 14.5. The molecule has 2 aromatic rings. The normalized spacial score (nSPS) is 20.1. The van der Waals surface area contributed by atoms with E-state index in [2.05, 4.69) is 15.2 Å². The van der Waals surface area contributed by atoms with Crippen molar-refractivity contribution in [1.82, 2.24) is 24.2 Å². The zero-order valence-electron chi connectivity index (χ0n) is 17.8. The van der Waals surface area contributed by atoms with Crippen LogP contribution >= 0.6 is 0 Å². The van der Waals surface area contributed by atoms with Gasteiger partial charge in [-0.05, 0) is 44.9 Å². The molecule has 0 unspecified atom stereocenters. The minimum atomic E-state index is -3.51. The van der Waals surface area contributed by atoms with Crippen LogP contribution in [-0.2, 0) is 27.7 Å². The predicted molar refractivity (Wildman–Crippen MR) is 110 cm³/mol. The summed E-state index contributed by atoms with van der Waals surface area (Å²) in [4.78, 5) is 4.93. The average Bonchev–Trinajstić information content (AvgIpc) is 3.36. The fraction of sp³-hybridized carbons (Fsp3) is 0.750. The lowest BCUT2D eigenvalue weighted by atomic mass is 9.94. The second-order valence-electron chi connectivity index (χ2n) is 8.33. The summed E-state index contributed by atoms with van der Waals surface area (Å²) in [5.41, 5.74) is 0.567. The molecule has 2 aliphatic rings. The molecule has 0 spiro atoms. The largest absolute Gasteiger partial charge is 0.381 e. The Morgan fingerprint density at radius 1 is 1.17 bits per heavy atom. The molecule has 0 atom stereocenters. The van der Waals surface area contributed by atoms with Crippen LogP contribution in [0.5, 0.6) is 0 Å². The van der Waals surface area contributed by atoms with Crippen molar-refractivity contribution in [2.75, 3.05) is 26.3 Å². The van der Waals surface area contributed by atoms with Crippen LogP contribution in [0.15, 0.2) is 15.6 Å². The maximum Gasteiger partial charge on any atom is 0.246 e. The SMILES string of the molecule is CCCn1cc(S(=O)(=O)N2CCC(Cc3nc(C4CCOCC4)no3)CC2)c(C)n1. The highest BCUT2D eigenvalue weighted by molar-refractivity contribution is 7.89. The van der Waals surface area contributed by atoms with Gasteiger partial charge >= 0.3 is 0 Å². The summed E-state index contributed by atoms with van der Waals surface area (Å²) in [5.74, 6) is 2.12. The van der Waals surface area contributed by atoms with Crippen molar-refractivity contribution in [1.29, 1.82) is 0 Å². The molecule has 0 saturated carbocycles. The quantitative estimate of drug-likeness (QED) is 0.655. The molecule has 0 radical (unpaired) electrons. The predicted octanol–water partition coefficient (Wildman–Crippen LogP) is 2.52. The first-order valence-electron chi connectivity index (χ1n) is 10.9. The number of ether oxygens (including phenoxy) is 1. The number of nitrogens with zero attached hydrogens (tertiary/aromatic N) is 5. The summed E-state index contributed by atoms with van der Waals surface area (Å²) in [7, 11) is -3.51. The Balaban J connectivity index is 1.34. The lowest BCUT2D eigenvalue weighted by molar-refractivity contribution is 0.0830. The van der Waals surface area contributed by atoms with E-state index >= 15 is 0 Å². The van der Waals surface area contributed by atoms with E-state index in [9.17, 15) is 8.42 Å². The summed E-state index contributed by atoms with van der Waals surface area (Å²) in [5, 5.41) is 8.52. The third-order valence-corrected chi connectivity index (χ3v) is 8.08. The molecular weight excluding hydrogens is 406 g/mol. The second kappa shape index (κ2) is 9.15. The van der Waals surface area contributed by atoms with Crippen molar-refractivity contribution in [2.45, 2.75) is 69.7 Å². The maximum absolute atomic E-state index is 13.1. The molecule has 4 rings (SSSR count). The maximum atomic E-state index is 13.1. The molecule has 2 saturated heterocycles. The van der Waals surface area contributed by atoms with Crippen molar-refractivity contribution < 1.29 is 17.7 Å². The Bertz CT molecular complexity index is 940. The van der Waals surface area contributed by atoms with Crippen LogP contribution in [0.25, 0.3) is 0 Å². The van der Waals surface area contributed by atoms with Gasteiger partial charge in [-0.2, -0.15) is 14.4 Å². The highest BCUT2D eigenvalue weighted by atomic mass is 32.2. The summed E-state index contributed by atoms with van der Waals surface area (Å²) < 4.78 is 40.4. The molecule has 166 valence electrons. The zero-order chi connectivity index (χ0) is 21.1.